The first kappa shape index (κ1) is 30.0. The fraction of sp³-hybridized carbons (Fsp3) is 0.560. The summed E-state index contributed by atoms with van der Waals surface area (Å²) in [5, 5.41) is 9.50. The van der Waals surface area contributed by atoms with Crippen molar-refractivity contribution in [3.05, 3.63) is 23.3 Å². The van der Waals surface area contributed by atoms with Crippen molar-refractivity contribution in [3.8, 4) is 0 Å². The lowest BCUT2D eigenvalue weighted by Gasteiger charge is -2.28. The van der Waals surface area contributed by atoms with Crippen molar-refractivity contribution in [2.45, 2.75) is 72.6 Å². The van der Waals surface area contributed by atoms with Gasteiger partial charge in [0.1, 0.15) is 5.84 Å². The number of nitrogens with one attached hydrogen (secondary N) is 1. The van der Waals surface area contributed by atoms with Crippen LogP contribution in [0.25, 0.3) is 0 Å². The third-order valence-electron chi connectivity index (χ3n) is 5.69. The van der Waals surface area contributed by atoms with E-state index in [1.165, 1.54) is 25.7 Å². The molecule has 0 bridgehead atoms. The number of benzene rings is 1. The molecule has 0 aliphatic rings. The summed E-state index contributed by atoms with van der Waals surface area (Å²) in [7, 11) is 1.58. The molecule has 0 aromatic heterocycles. The van der Waals surface area contributed by atoms with Crippen LogP contribution in [0.1, 0.15) is 69.9 Å². The average molecular weight is 461 g/mol. The molecule has 1 atom stereocenters. The predicted molar refractivity (Wildman–Crippen MR) is 136 cm³/mol. The summed E-state index contributed by atoms with van der Waals surface area (Å²) < 4.78 is 0. The minimum Gasteiger partial charge on any atom is -0.483 e. The Balaban J connectivity index is 0.00000322. The van der Waals surface area contributed by atoms with E-state index in [0.29, 0.717) is 18.8 Å². The van der Waals surface area contributed by atoms with Gasteiger partial charge in [0.05, 0.1) is 17.8 Å². The van der Waals surface area contributed by atoms with Gasteiger partial charge in [-0.25, -0.2) is 4.99 Å². The lowest BCUT2D eigenvalue weighted by atomic mass is 10.0. The molecule has 2 N–H and O–H groups in total. The quantitative estimate of drug-likeness (QED) is 0.189. The molecule has 1 aromatic carbocycles. The summed E-state index contributed by atoms with van der Waals surface area (Å²) >= 11 is 0. The Kier molecular flexibility index (Phi) is 15.9. The number of aryl methyl sites for hydroxylation is 2. The standard InChI is InChI=1S/C24H38N4O2.CH2O2/c1-7-18(2)12-10-8-9-11-13-28(23(27-17-29)16-24(30)26-6)22-15-20(4)19(3)14-21(22)25-5;2-1-3/h14-15,17-18H,5,7-13,16H2,1-4,6H3,(H,26,30);1H,(H,2,3). The SMILES string of the molecule is C=Nc1cc(C)c(C)cc1N(CCCCCCC(C)CC)C(CC(=O)NC)=NC=O.O=CO. The lowest BCUT2D eigenvalue weighted by molar-refractivity contribution is -0.123. The third-order valence-corrected chi connectivity index (χ3v) is 5.69. The van der Waals surface area contributed by atoms with Gasteiger partial charge in [0, 0.05) is 13.6 Å². The molecule has 0 aliphatic carbocycles. The van der Waals surface area contributed by atoms with Gasteiger partial charge in [-0.15, -0.1) is 0 Å². The van der Waals surface area contributed by atoms with Gasteiger partial charge in [-0.3, -0.25) is 19.4 Å². The number of rotatable bonds is 13. The van der Waals surface area contributed by atoms with Gasteiger partial charge in [0.25, 0.3) is 6.47 Å². The van der Waals surface area contributed by atoms with Crippen LogP contribution in [0, 0.1) is 19.8 Å². The Hall–Kier alpha value is -3.03. The van der Waals surface area contributed by atoms with Crippen molar-refractivity contribution in [1.29, 1.82) is 0 Å². The molecule has 8 nitrogen and oxygen atoms in total. The molecule has 0 spiro atoms. The molecule has 8 heteroatoms. The van der Waals surface area contributed by atoms with Gasteiger partial charge in [-0.2, -0.15) is 0 Å². The molecule has 0 radical (unpaired) electrons. The molecule has 1 unspecified atom stereocenters. The Bertz CT molecular complexity index is 793. The number of hydrogen-bond donors (Lipinski definition) is 2. The smallest absolute Gasteiger partial charge is 0.290 e. The lowest BCUT2D eigenvalue weighted by Crippen LogP contribution is -2.36. The van der Waals surface area contributed by atoms with Crippen molar-refractivity contribution < 1.29 is 19.5 Å². The zero-order chi connectivity index (χ0) is 25.2. The highest BCUT2D eigenvalue weighted by atomic mass is 16.3. The molecule has 0 heterocycles. The van der Waals surface area contributed by atoms with E-state index in [4.69, 9.17) is 9.90 Å². The summed E-state index contributed by atoms with van der Waals surface area (Å²) in [5.41, 5.74) is 3.79. The summed E-state index contributed by atoms with van der Waals surface area (Å²) in [6, 6.07) is 4.02. The van der Waals surface area contributed by atoms with Crippen molar-refractivity contribution in [2.24, 2.45) is 15.9 Å². The number of anilines is 1. The van der Waals surface area contributed by atoms with E-state index in [-0.39, 0.29) is 18.8 Å². The van der Waals surface area contributed by atoms with Gasteiger partial charge in [-0.1, -0.05) is 46.0 Å². The fourth-order valence-electron chi connectivity index (χ4n) is 3.34. The largest absolute Gasteiger partial charge is 0.483 e. The number of aliphatic imine (C=N–C) groups is 2. The highest BCUT2D eigenvalue weighted by Crippen LogP contribution is 2.32. The van der Waals surface area contributed by atoms with Crippen molar-refractivity contribution in [1.82, 2.24) is 5.32 Å². The van der Waals surface area contributed by atoms with Crippen molar-refractivity contribution in [3.63, 3.8) is 0 Å². The molecule has 0 saturated heterocycles. The first-order valence-electron chi connectivity index (χ1n) is 11.4. The minimum atomic E-state index is -0.250. The molecule has 1 rings (SSSR count). The van der Waals surface area contributed by atoms with Gasteiger partial charge < -0.3 is 15.3 Å². The molecule has 184 valence electrons. The first-order valence-corrected chi connectivity index (χ1v) is 11.4. The summed E-state index contributed by atoms with van der Waals surface area (Å²) in [4.78, 5) is 41.8. The van der Waals surface area contributed by atoms with Crippen LogP contribution in [0.3, 0.4) is 0 Å². The van der Waals surface area contributed by atoms with E-state index >= 15 is 0 Å². The molecule has 33 heavy (non-hydrogen) atoms. The zero-order valence-electron chi connectivity index (χ0n) is 20.8. The Morgan fingerprint density at radius 3 is 2.33 bits per heavy atom. The number of amides is 2. The van der Waals surface area contributed by atoms with E-state index in [0.717, 1.165) is 41.3 Å². The van der Waals surface area contributed by atoms with E-state index in [1.807, 2.05) is 30.9 Å². The maximum atomic E-state index is 12.0. The number of hydrogen-bond acceptors (Lipinski definition) is 4. The zero-order valence-corrected chi connectivity index (χ0v) is 20.8. The maximum absolute atomic E-state index is 12.0. The molecule has 0 saturated carbocycles. The number of nitrogens with zero attached hydrogens (tertiary/aromatic N) is 3. The summed E-state index contributed by atoms with van der Waals surface area (Å²) in [6.45, 7) is 12.7. The van der Waals surface area contributed by atoms with Crippen molar-refractivity contribution in [2.75, 3.05) is 18.5 Å². The number of amidine groups is 1. The predicted octanol–water partition coefficient (Wildman–Crippen LogP) is 4.83. The van der Waals surface area contributed by atoms with Crippen LogP contribution >= 0.6 is 0 Å². The minimum absolute atomic E-state index is 0.0345. The van der Waals surface area contributed by atoms with Gasteiger partial charge >= 0.3 is 0 Å². The Morgan fingerprint density at radius 2 is 1.79 bits per heavy atom. The van der Waals surface area contributed by atoms with Crippen LogP contribution in [0.5, 0.6) is 0 Å². The normalized spacial score (nSPS) is 11.6. The number of carbonyl (C=O) groups excluding carboxylic acids is 2. The van der Waals surface area contributed by atoms with Gasteiger partial charge in [0.15, 0.2) is 0 Å². The number of carboxylic acid groups (broad SMARTS) is 1. The van der Waals surface area contributed by atoms with Crippen LogP contribution < -0.4 is 10.2 Å². The first-order chi connectivity index (χ1) is 15.8. The fourth-order valence-corrected chi connectivity index (χ4v) is 3.34. The second-order valence-corrected chi connectivity index (χ2v) is 8.06. The summed E-state index contributed by atoms with van der Waals surface area (Å²) in [5.74, 6) is 1.01. The van der Waals surface area contributed by atoms with Crippen LogP contribution in [0.4, 0.5) is 11.4 Å². The molecular formula is C25H40N4O4. The Labute approximate surface area is 198 Å². The summed E-state index contributed by atoms with van der Waals surface area (Å²) in [6.07, 6.45) is 7.45. The third kappa shape index (κ3) is 11.4. The van der Waals surface area contributed by atoms with E-state index in [9.17, 15) is 9.59 Å². The maximum Gasteiger partial charge on any atom is 0.290 e. The van der Waals surface area contributed by atoms with E-state index < -0.39 is 0 Å². The highest BCUT2D eigenvalue weighted by Gasteiger charge is 2.20. The van der Waals surface area contributed by atoms with Crippen molar-refractivity contribution >= 4 is 42.7 Å². The van der Waals surface area contributed by atoms with E-state index in [1.54, 1.807) is 7.05 Å². The topological polar surface area (TPSA) is 111 Å². The monoisotopic (exact) mass is 460 g/mol. The Morgan fingerprint density at radius 1 is 1.18 bits per heavy atom. The molecule has 2 amide bonds. The second kappa shape index (κ2) is 17.5. The second-order valence-electron chi connectivity index (χ2n) is 8.06. The van der Waals surface area contributed by atoms with Crippen LogP contribution in [-0.2, 0) is 14.4 Å². The van der Waals surface area contributed by atoms with Crippen LogP contribution in [-0.4, -0.2) is 50.0 Å². The number of carbonyl (C=O) groups is 3. The molecule has 0 fully saturated rings. The van der Waals surface area contributed by atoms with Gasteiger partial charge in [-0.05, 0) is 56.2 Å². The van der Waals surface area contributed by atoms with Gasteiger partial charge in [0.2, 0.25) is 12.3 Å². The van der Waals surface area contributed by atoms with Crippen LogP contribution in [0.15, 0.2) is 22.1 Å². The molecule has 0 aliphatic heterocycles. The molecule has 1 aromatic rings. The highest BCUT2D eigenvalue weighted by molar-refractivity contribution is 6.11. The van der Waals surface area contributed by atoms with Crippen LogP contribution in [0.2, 0.25) is 0 Å². The van der Waals surface area contributed by atoms with E-state index in [2.05, 4.69) is 35.9 Å². The molecular weight excluding hydrogens is 420 g/mol. The average Bonchev–Trinajstić information content (AvgIpc) is 2.80. The number of unbranched alkanes of at least 4 members (excludes halogenated alkanes) is 3.